The van der Waals surface area contributed by atoms with E-state index in [1.807, 2.05) is 54.8 Å². The number of hydrogen-bond donors (Lipinski definition) is 0. The van der Waals surface area contributed by atoms with Gasteiger partial charge in [-0.1, -0.05) is 36.4 Å². The molecule has 0 aliphatic carbocycles. The highest BCUT2D eigenvalue weighted by molar-refractivity contribution is 8.18. The minimum atomic E-state index is -0.113. The fraction of sp³-hybridized carbons (Fsp3) is 0.0952. The number of thiazole rings is 1. The van der Waals surface area contributed by atoms with Gasteiger partial charge in [0.2, 0.25) is 5.13 Å². The highest BCUT2D eigenvalue weighted by Gasteiger charge is 2.33. The highest BCUT2D eigenvalue weighted by Crippen LogP contribution is 2.35. The summed E-state index contributed by atoms with van der Waals surface area (Å²) >= 11 is 2.76. The van der Waals surface area contributed by atoms with E-state index in [-0.39, 0.29) is 5.91 Å². The average Bonchev–Trinajstić information content (AvgIpc) is 3.40. The number of aliphatic imine (C=N–C) groups is 1. The molecule has 0 spiro atoms. The van der Waals surface area contributed by atoms with Crippen molar-refractivity contribution >= 4 is 45.4 Å². The van der Waals surface area contributed by atoms with E-state index in [0.717, 1.165) is 17.0 Å². The number of furan rings is 1. The molecule has 1 fully saturated rings. The second-order valence-corrected chi connectivity index (χ2v) is 7.88. The van der Waals surface area contributed by atoms with E-state index in [9.17, 15) is 4.79 Å². The molecule has 0 atom stereocenters. The van der Waals surface area contributed by atoms with Crippen LogP contribution in [0, 0.1) is 6.92 Å². The summed E-state index contributed by atoms with van der Waals surface area (Å²) in [5, 5.41) is 3.17. The monoisotopic (exact) mass is 407 g/mol. The lowest BCUT2D eigenvalue weighted by atomic mass is 10.2. The molecular formula is C21H17N3O2S2. The maximum Gasteiger partial charge on any atom is 0.267 e. The normalized spacial score (nSPS) is 17.0. The summed E-state index contributed by atoms with van der Waals surface area (Å²) in [6.45, 7) is 6.00. The maximum absolute atomic E-state index is 12.8. The lowest BCUT2D eigenvalue weighted by Crippen LogP contribution is -2.29. The second kappa shape index (κ2) is 8.00. The first kappa shape index (κ1) is 18.5. The van der Waals surface area contributed by atoms with Crippen LogP contribution in [-0.2, 0) is 4.79 Å². The van der Waals surface area contributed by atoms with Gasteiger partial charge in [0, 0.05) is 23.6 Å². The van der Waals surface area contributed by atoms with E-state index in [4.69, 9.17) is 4.42 Å². The van der Waals surface area contributed by atoms with Crippen LogP contribution in [-0.4, -0.2) is 27.5 Å². The fourth-order valence-corrected chi connectivity index (χ4v) is 4.40. The Kier molecular flexibility index (Phi) is 5.27. The lowest BCUT2D eigenvalue weighted by molar-refractivity contribution is -0.121. The molecule has 0 N–H and O–H groups in total. The molecule has 5 nitrogen and oxygen atoms in total. The summed E-state index contributed by atoms with van der Waals surface area (Å²) in [7, 11) is 0. The molecule has 1 saturated heterocycles. The minimum Gasteiger partial charge on any atom is -0.462 e. The van der Waals surface area contributed by atoms with Gasteiger partial charge >= 0.3 is 0 Å². The number of aryl methyl sites for hydroxylation is 1. The Balaban J connectivity index is 1.64. The van der Waals surface area contributed by atoms with E-state index < -0.39 is 0 Å². The number of amidine groups is 1. The summed E-state index contributed by atoms with van der Waals surface area (Å²) in [6.07, 6.45) is 3.43. The number of nitrogens with zero attached hydrogens (tertiary/aromatic N) is 3. The van der Waals surface area contributed by atoms with Crippen LogP contribution in [0.25, 0.3) is 17.3 Å². The molecule has 0 unspecified atom stereocenters. The number of benzene rings is 1. The molecule has 1 amide bonds. The van der Waals surface area contributed by atoms with Crippen molar-refractivity contribution in [2.75, 3.05) is 6.54 Å². The van der Waals surface area contributed by atoms with Crippen molar-refractivity contribution in [1.29, 1.82) is 0 Å². The summed E-state index contributed by atoms with van der Waals surface area (Å²) in [4.78, 5) is 24.2. The Bertz CT molecular complexity index is 1080. The molecule has 7 heteroatoms. The number of thioether (sulfide) groups is 1. The Labute approximate surface area is 171 Å². The van der Waals surface area contributed by atoms with Crippen LogP contribution >= 0.6 is 23.1 Å². The number of rotatable bonds is 5. The van der Waals surface area contributed by atoms with Gasteiger partial charge in [0.25, 0.3) is 5.91 Å². The van der Waals surface area contributed by atoms with Gasteiger partial charge in [-0.05, 0) is 30.8 Å². The molecule has 0 saturated carbocycles. The minimum absolute atomic E-state index is 0.113. The number of aromatic nitrogens is 1. The molecule has 4 rings (SSSR count). The van der Waals surface area contributed by atoms with E-state index >= 15 is 0 Å². The molecule has 1 aliphatic heterocycles. The standard InChI is InChI=1S/C21H17N3O2S2/c1-3-11-24-19(25)18(12-16-10-9-14(2)26-16)28-21(24)23-20-22-17(13-27-20)15-7-5-4-6-8-15/h3-10,12-13H,1,11H2,2H3/b18-12+,23-21+. The quantitative estimate of drug-likeness (QED) is 0.414. The Morgan fingerprint density at radius 3 is 2.79 bits per heavy atom. The highest BCUT2D eigenvalue weighted by atomic mass is 32.2. The van der Waals surface area contributed by atoms with Gasteiger partial charge in [0.1, 0.15) is 11.5 Å². The third kappa shape index (κ3) is 3.85. The van der Waals surface area contributed by atoms with Crippen molar-refractivity contribution < 1.29 is 9.21 Å². The zero-order valence-electron chi connectivity index (χ0n) is 15.2. The van der Waals surface area contributed by atoms with Gasteiger partial charge < -0.3 is 4.42 Å². The molecule has 3 aromatic rings. The molecule has 140 valence electrons. The van der Waals surface area contributed by atoms with Crippen LogP contribution in [0.15, 0.2) is 74.8 Å². The molecule has 28 heavy (non-hydrogen) atoms. The zero-order valence-corrected chi connectivity index (χ0v) is 16.8. The van der Waals surface area contributed by atoms with E-state index in [1.165, 1.54) is 23.1 Å². The number of amides is 1. The van der Waals surface area contributed by atoms with Crippen LogP contribution < -0.4 is 0 Å². The summed E-state index contributed by atoms with van der Waals surface area (Å²) < 4.78 is 5.56. The van der Waals surface area contributed by atoms with E-state index in [0.29, 0.717) is 27.5 Å². The van der Waals surface area contributed by atoms with Gasteiger partial charge in [-0.2, -0.15) is 4.99 Å². The van der Waals surface area contributed by atoms with Crippen LogP contribution in [0.1, 0.15) is 11.5 Å². The van der Waals surface area contributed by atoms with Gasteiger partial charge in [0.05, 0.1) is 10.6 Å². The Hall–Kier alpha value is -2.90. The first-order valence-corrected chi connectivity index (χ1v) is 10.3. The van der Waals surface area contributed by atoms with Gasteiger partial charge in [0.15, 0.2) is 5.17 Å². The SMILES string of the molecule is C=CCN1C(=O)/C(=C\c2ccc(C)o2)S/C1=N/c1nc(-c2ccccc2)cs1. The van der Waals surface area contributed by atoms with Crippen LogP contribution in [0.4, 0.5) is 5.13 Å². The molecular weight excluding hydrogens is 390 g/mol. The summed E-state index contributed by atoms with van der Waals surface area (Å²) in [6, 6.07) is 13.7. The molecule has 1 aliphatic rings. The van der Waals surface area contributed by atoms with Crippen molar-refractivity contribution in [3.8, 4) is 11.3 Å². The van der Waals surface area contributed by atoms with Gasteiger partial charge in [-0.3, -0.25) is 9.69 Å². The van der Waals surface area contributed by atoms with Crippen LogP contribution in [0.2, 0.25) is 0 Å². The fourth-order valence-electron chi connectivity index (χ4n) is 2.68. The summed E-state index contributed by atoms with van der Waals surface area (Å²) in [5.74, 6) is 1.33. The Morgan fingerprint density at radius 2 is 2.07 bits per heavy atom. The maximum atomic E-state index is 12.8. The van der Waals surface area contributed by atoms with Gasteiger partial charge in [-0.25, -0.2) is 4.98 Å². The molecule has 2 aromatic heterocycles. The smallest absolute Gasteiger partial charge is 0.267 e. The molecule has 0 radical (unpaired) electrons. The first-order valence-electron chi connectivity index (χ1n) is 8.62. The lowest BCUT2D eigenvalue weighted by Gasteiger charge is -2.11. The summed E-state index contributed by atoms with van der Waals surface area (Å²) in [5.41, 5.74) is 1.91. The van der Waals surface area contributed by atoms with E-state index in [2.05, 4.69) is 16.6 Å². The van der Waals surface area contributed by atoms with Gasteiger partial charge in [-0.15, -0.1) is 17.9 Å². The Morgan fingerprint density at radius 1 is 1.25 bits per heavy atom. The molecule has 3 heterocycles. The van der Waals surface area contributed by atoms with E-state index in [1.54, 1.807) is 17.1 Å². The number of carbonyl (C=O) groups is 1. The predicted octanol–water partition coefficient (Wildman–Crippen LogP) is 5.50. The van der Waals surface area contributed by atoms with Crippen molar-refractivity contribution in [3.63, 3.8) is 0 Å². The third-order valence-corrected chi connectivity index (χ3v) is 5.73. The first-order chi connectivity index (χ1) is 13.6. The topological polar surface area (TPSA) is 58.7 Å². The molecule has 1 aromatic carbocycles. The second-order valence-electron chi connectivity index (χ2n) is 6.04. The largest absolute Gasteiger partial charge is 0.462 e. The number of carbonyl (C=O) groups excluding carboxylic acids is 1. The zero-order chi connectivity index (χ0) is 19.5. The van der Waals surface area contributed by atoms with Crippen LogP contribution in [0.3, 0.4) is 0 Å². The third-order valence-electron chi connectivity index (χ3n) is 3.99. The average molecular weight is 408 g/mol. The van der Waals surface area contributed by atoms with Crippen molar-refractivity contribution in [3.05, 3.63) is 76.9 Å². The predicted molar refractivity (Wildman–Crippen MR) is 116 cm³/mol. The molecule has 0 bridgehead atoms. The number of hydrogen-bond acceptors (Lipinski definition) is 6. The van der Waals surface area contributed by atoms with Crippen molar-refractivity contribution in [2.45, 2.75) is 6.92 Å². The van der Waals surface area contributed by atoms with Crippen molar-refractivity contribution in [1.82, 2.24) is 9.88 Å². The van der Waals surface area contributed by atoms with Crippen LogP contribution in [0.5, 0.6) is 0 Å². The van der Waals surface area contributed by atoms with Crippen molar-refractivity contribution in [2.24, 2.45) is 4.99 Å².